The first-order valence-corrected chi connectivity index (χ1v) is 11.1. The predicted molar refractivity (Wildman–Crippen MR) is 122 cm³/mol. The summed E-state index contributed by atoms with van der Waals surface area (Å²) in [7, 11) is 0. The van der Waals surface area contributed by atoms with Gasteiger partial charge in [0.2, 0.25) is 5.91 Å². The topological polar surface area (TPSA) is 89.9 Å². The SMILES string of the molecule is Cc1cnc(-c2ncc3c(n2)CC(C)(C)C[C@@H]3NC(=O)CCCOc2ccccc2F)cn1. The van der Waals surface area contributed by atoms with E-state index in [2.05, 4.69) is 34.1 Å². The van der Waals surface area contributed by atoms with Crippen molar-refractivity contribution >= 4 is 5.91 Å². The molecule has 1 N–H and O–H groups in total. The van der Waals surface area contributed by atoms with Crippen LogP contribution < -0.4 is 10.1 Å². The van der Waals surface area contributed by atoms with Crippen molar-refractivity contribution in [2.24, 2.45) is 5.41 Å². The Morgan fingerprint density at radius 3 is 2.76 bits per heavy atom. The van der Waals surface area contributed by atoms with Crippen LogP contribution in [0.4, 0.5) is 4.39 Å². The van der Waals surface area contributed by atoms with Gasteiger partial charge in [-0.1, -0.05) is 26.0 Å². The average Bonchev–Trinajstić information content (AvgIpc) is 2.77. The Morgan fingerprint density at radius 2 is 2.00 bits per heavy atom. The van der Waals surface area contributed by atoms with Crippen LogP contribution in [0.2, 0.25) is 0 Å². The van der Waals surface area contributed by atoms with Gasteiger partial charge in [-0.2, -0.15) is 0 Å². The van der Waals surface area contributed by atoms with Crippen molar-refractivity contribution < 1.29 is 13.9 Å². The zero-order valence-electron chi connectivity index (χ0n) is 19.1. The van der Waals surface area contributed by atoms with E-state index in [1.54, 1.807) is 36.8 Å². The van der Waals surface area contributed by atoms with Gasteiger partial charge in [0.1, 0.15) is 5.69 Å². The Bertz CT molecular complexity index is 1130. The van der Waals surface area contributed by atoms with Crippen molar-refractivity contribution in [3.8, 4) is 17.3 Å². The molecule has 1 atom stereocenters. The molecule has 4 rings (SSSR count). The number of aryl methyl sites for hydroxylation is 1. The van der Waals surface area contributed by atoms with Crippen molar-refractivity contribution in [3.63, 3.8) is 0 Å². The summed E-state index contributed by atoms with van der Waals surface area (Å²) in [5.41, 5.74) is 3.30. The summed E-state index contributed by atoms with van der Waals surface area (Å²) in [5, 5.41) is 3.13. The molecule has 2 aromatic heterocycles. The number of aromatic nitrogens is 4. The lowest BCUT2D eigenvalue weighted by atomic mass is 9.74. The smallest absolute Gasteiger partial charge is 0.220 e. The summed E-state index contributed by atoms with van der Waals surface area (Å²) in [5.74, 6) is 0.259. The van der Waals surface area contributed by atoms with Crippen molar-refractivity contribution in [1.82, 2.24) is 25.3 Å². The Labute approximate surface area is 192 Å². The molecule has 0 aliphatic heterocycles. The van der Waals surface area contributed by atoms with Crippen LogP contribution in [-0.2, 0) is 11.2 Å². The molecule has 7 nitrogen and oxygen atoms in total. The highest BCUT2D eigenvalue weighted by Gasteiger charge is 2.34. The van der Waals surface area contributed by atoms with Gasteiger partial charge in [-0.15, -0.1) is 0 Å². The number of rotatable bonds is 7. The molecule has 0 saturated heterocycles. The third kappa shape index (κ3) is 5.69. The quantitative estimate of drug-likeness (QED) is 0.539. The highest BCUT2D eigenvalue weighted by atomic mass is 19.1. The van der Waals surface area contributed by atoms with Gasteiger partial charge >= 0.3 is 0 Å². The van der Waals surface area contributed by atoms with E-state index in [0.717, 1.165) is 29.8 Å². The van der Waals surface area contributed by atoms with Crippen LogP contribution in [0.5, 0.6) is 5.75 Å². The predicted octanol–water partition coefficient (Wildman–Crippen LogP) is 4.37. The first-order valence-electron chi connectivity index (χ1n) is 11.1. The molecular weight excluding hydrogens is 421 g/mol. The standard InChI is InChI=1S/C25H28FN5O2/c1-16-13-28-21(15-27-16)24-29-14-17-19(11-25(2,3)12-20(17)31-24)30-23(32)9-6-10-33-22-8-5-4-7-18(22)26/h4-5,7-8,13-15,19H,6,9-12H2,1-3H3,(H,30,32)/t19-/m0/s1. The van der Waals surface area contributed by atoms with E-state index in [1.165, 1.54) is 6.07 Å². The summed E-state index contributed by atoms with van der Waals surface area (Å²) >= 11 is 0. The Kier molecular flexibility index (Phi) is 6.62. The number of nitrogens with zero attached hydrogens (tertiary/aromatic N) is 4. The van der Waals surface area contributed by atoms with Crippen molar-refractivity contribution in [2.45, 2.75) is 52.5 Å². The third-order valence-electron chi connectivity index (χ3n) is 5.67. The molecule has 1 amide bonds. The van der Waals surface area contributed by atoms with Gasteiger partial charge < -0.3 is 10.1 Å². The fourth-order valence-corrected chi connectivity index (χ4v) is 4.05. The fourth-order valence-electron chi connectivity index (χ4n) is 4.05. The number of benzene rings is 1. The largest absolute Gasteiger partial charge is 0.491 e. The maximum absolute atomic E-state index is 13.6. The number of halogens is 1. The number of hydrogen-bond donors (Lipinski definition) is 1. The average molecular weight is 450 g/mol. The van der Waals surface area contributed by atoms with Gasteiger partial charge in [0.05, 0.1) is 30.2 Å². The molecule has 2 heterocycles. The lowest BCUT2D eigenvalue weighted by Gasteiger charge is -2.36. The van der Waals surface area contributed by atoms with Gasteiger partial charge in [-0.05, 0) is 43.7 Å². The van der Waals surface area contributed by atoms with Crippen molar-refractivity contribution in [1.29, 1.82) is 0 Å². The van der Waals surface area contributed by atoms with Crippen LogP contribution >= 0.6 is 0 Å². The lowest BCUT2D eigenvalue weighted by molar-refractivity contribution is -0.122. The minimum Gasteiger partial charge on any atom is -0.491 e. The number of amides is 1. The zero-order chi connectivity index (χ0) is 23.4. The molecular formula is C25H28FN5O2. The van der Waals surface area contributed by atoms with Gasteiger partial charge in [0, 0.05) is 24.4 Å². The summed E-state index contributed by atoms with van der Waals surface area (Å²) in [6.45, 7) is 6.49. The molecule has 0 bridgehead atoms. The number of carbonyl (C=O) groups is 1. The minimum absolute atomic E-state index is 0.0243. The van der Waals surface area contributed by atoms with Crippen molar-refractivity contribution in [2.75, 3.05) is 6.61 Å². The van der Waals surface area contributed by atoms with E-state index in [-0.39, 0.29) is 29.7 Å². The second-order valence-corrected chi connectivity index (χ2v) is 9.19. The summed E-state index contributed by atoms with van der Waals surface area (Å²) in [4.78, 5) is 30.5. The maximum Gasteiger partial charge on any atom is 0.220 e. The number of para-hydroxylation sites is 1. The molecule has 3 aromatic rings. The second kappa shape index (κ2) is 9.60. The highest BCUT2D eigenvalue weighted by Crippen LogP contribution is 2.40. The number of fused-ring (bicyclic) bond motifs is 1. The second-order valence-electron chi connectivity index (χ2n) is 9.19. The zero-order valence-corrected chi connectivity index (χ0v) is 19.1. The summed E-state index contributed by atoms with van der Waals surface area (Å²) in [6, 6.07) is 6.09. The minimum atomic E-state index is -0.404. The van der Waals surface area contributed by atoms with E-state index in [4.69, 9.17) is 9.72 Å². The van der Waals surface area contributed by atoms with E-state index >= 15 is 0 Å². The lowest BCUT2D eigenvalue weighted by Crippen LogP contribution is -2.37. The molecule has 0 saturated carbocycles. The van der Waals surface area contributed by atoms with Gasteiger partial charge in [-0.3, -0.25) is 9.78 Å². The number of nitrogens with one attached hydrogen (secondary N) is 1. The van der Waals surface area contributed by atoms with Gasteiger partial charge in [0.25, 0.3) is 0 Å². The van der Waals surface area contributed by atoms with Gasteiger partial charge in [0.15, 0.2) is 17.4 Å². The van der Waals surface area contributed by atoms with E-state index in [9.17, 15) is 9.18 Å². The Balaban J connectivity index is 1.40. The normalized spacial score (nSPS) is 16.7. The molecule has 8 heteroatoms. The van der Waals surface area contributed by atoms with Crippen LogP contribution in [0.1, 0.15) is 56.1 Å². The molecule has 1 aromatic carbocycles. The van der Waals surface area contributed by atoms with E-state index in [1.807, 2.05) is 6.92 Å². The van der Waals surface area contributed by atoms with Crippen LogP contribution in [0, 0.1) is 18.2 Å². The molecule has 0 spiro atoms. The molecule has 172 valence electrons. The summed E-state index contributed by atoms with van der Waals surface area (Å²) in [6.07, 6.45) is 7.53. The Hall–Kier alpha value is -3.42. The molecule has 1 aliphatic rings. The monoisotopic (exact) mass is 449 g/mol. The number of carbonyl (C=O) groups excluding carboxylic acids is 1. The number of ether oxygens (including phenoxy) is 1. The molecule has 0 unspecified atom stereocenters. The van der Waals surface area contributed by atoms with Crippen LogP contribution in [0.3, 0.4) is 0 Å². The van der Waals surface area contributed by atoms with E-state index < -0.39 is 5.82 Å². The molecule has 1 aliphatic carbocycles. The first kappa shape index (κ1) is 22.8. The number of hydrogen-bond acceptors (Lipinski definition) is 6. The van der Waals surface area contributed by atoms with Crippen LogP contribution in [0.25, 0.3) is 11.5 Å². The van der Waals surface area contributed by atoms with Crippen molar-refractivity contribution in [3.05, 3.63) is 65.6 Å². The Morgan fingerprint density at radius 1 is 1.18 bits per heavy atom. The maximum atomic E-state index is 13.6. The van der Waals surface area contributed by atoms with Crippen LogP contribution in [0.15, 0.2) is 42.9 Å². The first-order chi connectivity index (χ1) is 15.8. The molecule has 0 radical (unpaired) electrons. The molecule has 0 fully saturated rings. The van der Waals surface area contributed by atoms with Gasteiger partial charge in [-0.25, -0.2) is 19.3 Å². The van der Waals surface area contributed by atoms with E-state index in [0.29, 0.717) is 24.4 Å². The highest BCUT2D eigenvalue weighted by molar-refractivity contribution is 5.76. The fraction of sp³-hybridized carbons (Fsp3) is 0.400. The molecule has 33 heavy (non-hydrogen) atoms. The summed E-state index contributed by atoms with van der Waals surface area (Å²) < 4.78 is 19.1. The third-order valence-corrected chi connectivity index (χ3v) is 5.67. The van der Waals surface area contributed by atoms with Crippen LogP contribution in [-0.4, -0.2) is 32.4 Å².